The van der Waals surface area contributed by atoms with Crippen molar-refractivity contribution in [3.8, 4) is 0 Å². The molecular formula is C3H11Cl2HfNSi. The Morgan fingerprint density at radius 3 is 1.25 bits per heavy atom. The average molecular weight is 339 g/mol. The Balaban J connectivity index is 0. The van der Waals surface area contributed by atoms with Crippen LogP contribution in [0.4, 0.5) is 0 Å². The van der Waals surface area contributed by atoms with Crippen molar-refractivity contribution in [3.05, 3.63) is 0 Å². The minimum atomic E-state index is -1.11. The van der Waals surface area contributed by atoms with Gasteiger partial charge < -0.3 is 5.40 Å². The zero-order valence-electron chi connectivity index (χ0n) is 5.33. The summed E-state index contributed by atoms with van der Waals surface area (Å²) in [5.74, 6) is 0. The first kappa shape index (κ1) is 12.3. The van der Waals surface area contributed by atoms with Gasteiger partial charge in [-0.25, -0.2) is 0 Å². The topological polar surface area (TPSA) is 26.0 Å². The van der Waals surface area contributed by atoms with Crippen molar-refractivity contribution in [1.29, 1.82) is 0 Å². The number of hydrogen-bond acceptors (Lipinski definition) is 1. The summed E-state index contributed by atoms with van der Waals surface area (Å²) in [5.41, 5.74) is 0. The van der Waals surface area contributed by atoms with Crippen molar-refractivity contribution in [3.63, 3.8) is 0 Å². The van der Waals surface area contributed by atoms with E-state index in [1.165, 1.54) is 0 Å². The van der Waals surface area contributed by atoms with Crippen LogP contribution in [0.3, 0.4) is 0 Å². The van der Waals surface area contributed by atoms with Gasteiger partial charge in [-0.3, -0.25) is 0 Å². The van der Waals surface area contributed by atoms with E-state index >= 15 is 0 Å². The molecule has 0 fully saturated rings. The molecular weight excluding hydrogens is 328 g/mol. The molecule has 0 saturated heterocycles. The van der Waals surface area contributed by atoms with E-state index < -0.39 is 28.8 Å². The molecule has 0 bridgehead atoms. The SMILES string of the molecule is C[Si](C)(C)N.[Cl][Hf][Cl]. The Morgan fingerprint density at radius 2 is 1.25 bits per heavy atom. The molecule has 0 saturated carbocycles. The van der Waals surface area contributed by atoms with Gasteiger partial charge in [-0.05, 0) is 0 Å². The first-order chi connectivity index (χ1) is 3.41. The summed E-state index contributed by atoms with van der Waals surface area (Å²) in [6.45, 7) is 6.31. The van der Waals surface area contributed by atoms with Gasteiger partial charge in [0, 0.05) is 0 Å². The van der Waals surface area contributed by atoms with Gasteiger partial charge in [0.25, 0.3) is 0 Å². The molecule has 0 unspecified atom stereocenters. The van der Waals surface area contributed by atoms with Crippen LogP contribution in [0.5, 0.6) is 0 Å². The monoisotopic (exact) mass is 339 g/mol. The first-order valence-corrected chi connectivity index (χ1v) is 14.6. The summed E-state index contributed by atoms with van der Waals surface area (Å²) in [6, 6.07) is 0. The number of halogens is 2. The molecule has 0 radical (unpaired) electrons. The summed E-state index contributed by atoms with van der Waals surface area (Å²) in [4.78, 5) is 0. The summed E-state index contributed by atoms with van der Waals surface area (Å²) in [7, 11) is 8.81. The second-order valence-corrected chi connectivity index (χ2v) is 12.4. The maximum absolute atomic E-state index is 5.49. The molecule has 0 aromatic rings. The molecule has 5 heteroatoms. The van der Waals surface area contributed by atoms with E-state index in [0.29, 0.717) is 0 Å². The molecule has 0 aliphatic rings. The first-order valence-electron chi connectivity index (χ1n) is 2.17. The third-order valence-electron chi connectivity index (χ3n) is 0. The van der Waals surface area contributed by atoms with Crippen molar-refractivity contribution < 1.29 is 20.5 Å². The van der Waals surface area contributed by atoms with Gasteiger partial charge in [0.1, 0.15) is 8.24 Å². The normalized spacial score (nSPS) is 9.25. The van der Waals surface area contributed by atoms with Gasteiger partial charge in [0.2, 0.25) is 0 Å². The zero-order chi connectivity index (χ0) is 7.21. The van der Waals surface area contributed by atoms with Gasteiger partial charge in [-0.2, -0.15) is 0 Å². The van der Waals surface area contributed by atoms with Gasteiger partial charge >= 0.3 is 37.7 Å². The van der Waals surface area contributed by atoms with E-state index in [4.69, 9.17) is 22.6 Å². The predicted octanol–water partition coefficient (Wildman–Crippen LogP) is 2.16. The van der Waals surface area contributed by atoms with E-state index in [0.717, 1.165) is 0 Å². The number of rotatable bonds is 0. The molecule has 0 aromatic carbocycles. The van der Waals surface area contributed by atoms with Crippen LogP contribution in [-0.2, 0) is 20.5 Å². The molecule has 0 heterocycles. The van der Waals surface area contributed by atoms with Crippen molar-refractivity contribution in [2.45, 2.75) is 19.6 Å². The van der Waals surface area contributed by atoms with Gasteiger partial charge in [0.05, 0.1) is 0 Å². The summed E-state index contributed by atoms with van der Waals surface area (Å²) in [5, 5.41) is 5.49. The second-order valence-electron chi connectivity index (χ2n) is 2.44. The van der Waals surface area contributed by atoms with Crippen LogP contribution in [0.1, 0.15) is 0 Å². The average Bonchev–Trinajstić information content (AvgIpc) is 1.27. The zero-order valence-corrected chi connectivity index (χ0v) is 11.4. The molecule has 0 aliphatic carbocycles. The van der Waals surface area contributed by atoms with E-state index in [1.807, 2.05) is 0 Å². The Hall–Kier alpha value is 1.63. The predicted molar refractivity (Wildman–Crippen MR) is 39.2 cm³/mol. The quantitative estimate of drug-likeness (QED) is 0.673. The molecule has 0 spiro atoms. The van der Waals surface area contributed by atoms with Crippen molar-refractivity contribution >= 4 is 25.4 Å². The van der Waals surface area contributed by atoms with Crippen LogP contribution in [0.25, 0.3) is 0 Å². The Labute approximate surface area is 70.5 Å². The molecule has 0 amide bonds. The summed E-state index contributed by atoms with van der Waals surface area (Å²) in [6.07, 6.45) is 0. The molecule has 0 atom stereocenters. The molecule has 8 heavy (non-hydrogen) atoms. The second kappa shape index (κ2) is 6.74. The molecule has 0 aromatic heterocycles. The summed E-state index contributed by atoms with van der Waals surface area (Å²) < 4.78 is 0. The number of hydrogen-bond donors (Lipinski definition) is 1. The third kappa shape index (κ3) is 127. The van der Waals surface area contributed by atoms with Crippen LogP contribution >= 0.6 is 17.2 Å². The molecule has 2 N–H and O–H groups in total. The summed E-state index contributed by atoms with van der Waals surface area (Å²) >= 11 is -0.972. The molecule has 50 valence electrons. The van der Waals surface area contributed by atoms with Crippen molar-refractivity contribution in [1.82, 2.24) is 0 Å². The molecule has 0 aliphatic heterocycles. The van der Waals surface area contributed by atoms with Crippen LogP contribution in [0.15, 0.2) is 0 Å². The van der Waals surface area contributed by atoms with Crippen LogP contribution in [0.2, 0.25) is 19.6 Å². The van der Waals surface area contributed by atoms with Crippen molar-refractivity contribution in [2.24, 2.45) is 5.40 Å². The molecule has 0 rings (SSSR count). The fourth-order valence-electron chi connectivity index (χ4n) is 0. The maximum atomic E-state index is 5.49. The van der Waals surface area contributed by atoms with Gasteiger partial charge in [-0.1, -0.05) is 19.6 Å². The van der Waals surface area contributed by atoms with Gasteiger partial charge in [0.15, 0.2) is 0 Å². The van der Waals surface area contributed by atoms with Crippen LogP contribution in [-0.4, -0.2) is 8.24 Å². The van der Waals surface area contributed by atoms with E-state index in [1.54, 1.807) is 0 Å². The standard InChI is InChI=1S/C3H11NSi.2ClH.Hf/c1-5(2,3)4;;;/h4H2,1-3H3;2*1H;/q;;;+2/p-2. The number of nitrogens with two attached hydrogens (primary N) is 1. The van der Waals surface area contributed by atoms with Crippen LogP contribution in [0, 0.1) is 0 Å². The third-order valence-corrected chi connectivity index (χ3v) is 0. The fourth-order valence-corrected chi connectivity index (χ4v) is 0. The Kier molecular flexibility index (Phi) is 10.4. The Bertz CT molecular complexity index is 41.0. The van der Waals surface area contributed by atoms with E-state index in [-0.39, 0.29) is 0 Å². The Morgan fingerprint density at radius 1 is 1.25 bits per heavy atom. The van der Waals surface area contributed by atoms with Gasteiger partial charge in [-0.15, -0.1) is 0 Å². The van der Waals surface area contributed by atoms with E-state index in [2.05, 4.69) is 19.6 Å². The van der Waals surface area contributed by atoms with Crippen molar-refractivity contribution in [2.75, 3.05) is 0 Å². The fraction of sp³-hybridized carbons (Fsp3) is 1.00. The minimum absolute atomic E-state index is 0.972. The van der Waals surface area contributed by atoms with Crippen LogP contribution < -0.4 is 5.40 Å². The van der Waals surface area contributed by atoms with E-state index in [9.17, 15) is 0 Å². The molecule has 1 nitrogen and oxygen atoms in total.